The van der Waals surface area contributed by atoms with Crippen LogP contribution in [0.1, 0.15) is 40.0 Å². The molecule has 0 aromatic rings. The SMILES string of the molecule is CC(C)(C)OC(=O)N1CCOC2(CCNCC2)CC1. The van der Waals surface area contributed by atoms with E-state index in [4.69, 9.17) is 9.47 Å². The second-order valence-electron chi connectivity index (χ2n) is 6.50. The maximum atomic E-state index is 12.1. The number of nitrogens with one attached hydrogen (secondary N) is 1. The largest absolute Gasteiger partial charge is 0.444 e. The van der Waals surface area contributed by atoms with E-state index >= 15 is 0 Å². The highest BCUT2D eigenvalue weighted by Gasteiger charge is 2.36. The van der Waals surface area contributed by atoms with Crippen molar-refractivity contribution in [2.75, 3.05) is 32.8 Å². The summed E-state index contributed by atoms with van der Waals surface area (Å²) in [5.74, 6) is 0. The molecule has 0 aliphatic carbocycles. The Kier molecular flexibility index (Phi) is 4.36. The van der Waals surface area contributed by atoms with Crippen LogP contribution in [0.5, 0.6) is 0 Å². The molecule has 5 heteroatoms. The van der Waals surface area contributed by atoms with Crippen molar-refractivity contribution in [3.63, 3.8) is 0 Å². The van der Waals surface area contributed by atoms with Gasteiger partial charge in [0, 0.05) is 13.1 Å². The molecule has 0 aromatic carbocycles. The molecule has 2 rings (SSSR count). The molecule has 1 N–H and O–H groups in total. The number of nitrogens with zero attached hydrogens (tertiary/aromatic N) is 1. The first-order chi connectivity index (χ1) is 8.90. The third-order valence-corrected chi connectivity index (χ3v) is 3.77. The highest BCUT2D eigenvalue weighted by atomic mass is 16.6. The van der Waals surface area contributed by atoms with Gasteiger partial charge in [0.2, 0.25) is 0 Å². The number of hydrogen-bond acceptors (Lipinski definition) is 4. The van der Waals surface area contributed by atoms with Gasteiger partial charge in [-0.05, 0) is 53.1 Å². The highest BCUT2D eigenvalue weighted by Crippen LogP contribution is 2.29. The maximum Gasteiger partial charge on any atom is 0.410 e. The van der Waals surface area contributed by atoms with Gasteiger partial charge in [-0.1, -0.05) is 0 Å². The molecule has 2 aliphatic rings. The van der Waals surface area contributed by atoms with Crippen LogP contribution in [0.4, 0.5) is 4.79 Å². The zero-order valence-electron chi connectivity index (χ0n) is 12.3. The molecule has 110 valence electrons. The van der Waals surface area contributed by atoms with Crippen molar-refractivity contribution in [2.24, 2.45) is 0 Å². The molecule has 2 saturated heterocycles. The smallest absolute Gasteiger partial charge is 0.410 e. The molecule has 0 unspecified atom stereocenters. The summed E-state index contributed by atoms with van der Waals surface area (Å²) < 4.78 is 11.5. The van der Waals surface area contributed by atoms with Crippen molar-refractivity contribution in [1.82, 2.24) is 10.2 Å². The van der Waals surface area contributed by atoms with Gasteiger partial charge in [0.1, 0.15) is 5.60 Å². The molecule has 0 saturated carbocycles. The van der Waals surface area contributed by atoms with Crippen LogP contribution in [0.3, 0.4) is 0 Å². The van der Waals surface area contributed by atoms with E-state index in [1.165, 1.54) is 0 Å². The van der Waals surface area contributed by atoms with E-state index in [-0.39, 0.29) is 11.7 Å². The average Bonchev–Trinajstić information content (AvgIpc) is 2.51. The first-order valence-corrected chi connectivity index (χ1v) is 7.23. The quantitative estimate of drug-likeness (QED) is 0.729. The molecule has 1 amide bonds. The summed E-state index contributed by atoms with van der Waals surface area (Å²) in [6, 6.07) is 0. The second kappa shape index (κ2) is 5.67. The van der Waals surface area contributed by atoms with Crippen molar-refractivity contribution in [3.05, 3.63) is 0 Å². The van der Waals surface area contributed by atoms with Crippen LogP contribution < -0.4 is 5.32 Å². The standard InChI is InChI=1S/C14H26N2O3/c1-13(2,3)19-12(17)16-9-6-14(18-11-10-16)4-7-15-8-5-14/h15H,4-11H2,1-3H3. The molecule has 2 heterocycles. The van der Waals surface area contributed by atoms with Crippen LogP contribution in [-0.2, 0) is 9.47 Å². The third kappa shape index (κ3) is 4.08. The Hall–Kier alpha value is -0.810. The molecule has 0 radical (unpaired) electrons. The normalized spacial score (nSPS) is 24.1. The summed E-state index contributed by atoms with van der Waals surface area (Å²) in [5.41, 5.74) is -0.460. The summed E-state index contributed by atoms with van der Waals surface area (Å²) in [6.07, 6.45) is 2.76. The van der Waals surface area contributed by atoms with Gasteiger partial charge in [-0.2, -0.15) is 0 Å². The molecule has 2 aliphatic heterocycles. The van der Waals surface area contributed by atoms with E-state index < -0.39 is 5.60 Å². The van der Waals surface area contributed by atoms with Gasteiger partial charge < -0.3 is 19.7 Å². The minimum Gasteiger partial charge on any atom is -0.444 e. The molecule has 0 atom stereocenters. The summed E-state index contributed by atoms with van der Waals surface area (Å²) in [7, 11) is 0. The van der Waals surface area contributed by atoms with Crippen LogP contribution in [0, 0.1) is 0 Å². The lowest BCUT2D eigenvalue weighted by Crippen LogP contribution is -2.44. The van der Waals surface area contributed by atoms with Gasteiger partial charge in [0.25, 0.3) is 0 Å². The van der Waals surface area contributed by atoms with Crippen molar-refractivity contribution >= 4 is 6.09 Å². The number of rotatable bonds is 0. The monoisotopic (exact) mass is 270 g/mol. The van der Waals surface area contributed by atoms with Crippen molar-refractivity contribution < 1.29 is 14.3 Å². The van der Waals surface area contributed by atoms with Crippen molar-refractivity contribution in [1.29, 1.82) is 0 Å². The molecule has 19 heavy (non-hydrogen) atoms. The van der Waals surface area contributed by atoms with Crippen molar-refractivity contribution in [2.45, 2.75) is 51.2 Å². The maximum absolute atomic E-state index is 12.1. The number of carbonyl (C=O) groups is 1. The van der Waals surface area contributed by atoms with Gasteiger partial charge in [0.15, 0.2) is 0 Å². The van der Waals surface area contributed by atoms with Crippen LogP contribution in [0.25, 0.3) is 0 Å². The number of piperidine rings is 1. The fraction of sp³-hybridized carbons (Fsp3) is 0.929. The number of carbonyl (C=O) groups excluding carboxylic acids is 1. The Labute approximate surface area is 115 Å². The molecule has 0 bridgehead atoms. The molecular weight excluding hydrogens is 244 g/mol. The van der Waals surface area contributed by atoms with E-state index in [1.54, 1.807) is 4.90 Å². The molecular formula is C14H26N2O3. The summed E-state index contributed by atoms with van der Waals surface area (Å²) in [5, 5.41) is 3.36. The lowest BCUT2D eigenvalue weighted by atomic mass is 9.89. The van der Waals surface area contributed by atoms with Gasteiger partial charge in [-0.3, -0.25) is 0 Å². The van der Waals surface area contributed by atoms with Gasteiger partial charge in [0.05, 0.1) is 12.2 Å². The second-order valence-corrected chi connectivity index (χ2v) is 6.50. The lowest BCUT2D eigenvalue weighted by Gasteiger charge is -2.36. The van der Waals surface area contributed by atoms with E-state index in [9.17, 15) is 4.79 Å². The predicted molar refractivity (Wildman–Crippen MR) is 73.2 cm³/mol. The number of amides is 1. The Balaban J connectivity index is 1.91. The van der Waals surface area contributed by atoms with E-state index in [0.717, 1.165) is 38.9 Å². The minimum atomic E-state index is -0.434. The topological polar surface area (TPSA) is 50.8 Å². The van der Waals surface area contributed by atoms with Crippen LogP contribution in [0.2, 0.25) is 0 Å². The van der Waals surface area contributed by atoms with Gasteiger partial charge in [-0.15, -0.1) is 0 Å². The highest BCUT2D eigenvalue weighted by molar-refractivity contribution is 5.68. The van der Waals surface area contributed by atoms with Crippen LogP contribution in [-0.4, -0.2) is 55.0 Å². The Bertz CT molecular complexity index is 319. The van der Waals surface area contributed by atoms with Gasteiger partial charge in [-0.25, -0.2) is 4.79 Å². The fourth-order valence-electron chi connectivity index (χ4n) is 2.68. The number of hydrogen-bond donors (Lipinski definition) is 1. The summed E-state index contributed by atoms with van der Waals surface area (Å²) in [4.78, 5) is 13.9. The zero-order chi connectivity index (χ0) is 13.9. The van der Waals surface area contributed by atoms with Crippen molar-refractivity contribution in [3.8, 4) is 0 Å². The fourth-order valence-corrected chi connectivity index (χ4v) is 2.68. The predicted octanol–water partition coefficient (Wildman–Crippen LogP) is 1.77. The van der Waals surface area contributed by atoms with E-state index in [2.05, 4.69) is 5.32 Å². The zero-order valence-corrected chi connectivity index (χ0v) is 12.3. The molecule has 1 spiro atoms. The average molecular weight is 270 g/mol. The first-order valence-electron chi connectivity index (χ1n) is 7.23. The minimum absolute atomic E-state index is 0.0258. The Morgan fingerprint density at radius 1 is 1.21 bits per heavy atom. The van der Waals surface area contributed by atoms with Crippen LogP contribution >= 0.6 is 0 Å². The van der Waals surface area contributed by atoms with Crippen LogP contribution in [0.15, 0.2) is 0 Å². The summed E-state index contributed by atoms with van der Waals surface area (Å²) >= 11 is 0. The number of ether oxygens (including phenoxy) is 2. The van der Waals surface area contributed by atoms with E-state index in [1.807, 2.05) is 20.8 Å². The van der Waals surface area contributed by atoms with Gasteiger partial charge >= 0.3 is 6.09 Å². The Morgan fingerprint density at radius 2 is 1.89 bits per heavy atom. The molecule has 5 nitrogen and oxygen atoms in total. The first kappa shape index (κ1) is 14.6. The molecule has 0 aromatic heterocycles. The lowest BCUT2D eigenvalue weighted by molar-refractivity contribution is -0.0585. The molecule has 2 fully saturated rings. The summed E-state index contributed by atoms with van der Waals surface area (Å²) in [6.45, 7) is 9.67. The third-order valence-electron chi connectivity index (χ3n) is 3.77. The van der Waals surface area contributed by atoms with E-state index in [0.29, 0.717) is 13.2 Å². The Morgan fingerprint density at radius 3 is 2.53 bits per heavy atom.